The second-order valence-electron chi connectivity index (χ2n) is 7.25. The number of rotatable bonds is 10. The summed E-state index contributed by atoms with van der Waals surface area (Å²) in [5.74, 6) is 1.55. The first-order valence-corrected chi connectivity index (χ1v) is 10.1. The van der Waals surface area contributed by atoms with E-state index in [1.807, 2.05) is 11.0 Å². The van der Waals surface area contributed by atoms with Crippen molar-refractivity contribution >= 4 is 17.5 Å². The SMILES string of the molecule is CCCN(CC1CC1)C(=O)COc1ccc(NC(=O)c2ccccc2OC)cc1. The van der Waals surface area contributed by atoms with Gasteiger partial charge >= 0.3 is 0 Å². The maximum absolute atomic E-state index is 12.5. The minimum Gasteiger partial charge on any atom is -0.496 e. The molecule has 0 atom stereocenters. The quantitative estimate of drug-likeness (QED) is 0.660. The average Bonchev–Trinajstić information content (AvgIpc) is 3.56. The van der Waals surface area contributed by atoms with Crippen LogP contribution < -0.4 is 14.8 Å². The molecule has 3 rings (SSSR count). The van der Waals surface area contributed by atoms with Crippen LogP contribution in [-0.2, 0) is 4.79 Å². The molecule has 29 heavy (non-hydrogen) atoms. The molecule has 1 aliphatic carbocycles. The highest BCUT2D eigenvalue weighted by Crippen LogP contribution is 2.29. The summed E-state index contributed by atoms with van der Waals surface area (Å²) in [6.07, 6.45) is 3.38. The van der Waals surface area contributed by atoms with E-state index in [-0.39, 0.29) is 18.4 Å². The molecule has 154 valence electrons. The molecule has 0 aromatic heterocycles. The number of ether oxygens (including phenoxy) is 2. The van der Waals surface area contributed by atoms with Crippen molar-refractivity contribution in [2.75, 3.05) is 32.1 Å². The van der Waals surface area contributed by atoms with Gasteiger partial charge in [0.25, 0.3) is 11.8 Å². The first kappa shape index (κ1) is 20.7. The van der Waals surface area contributed by atoms with Crippen LogP contribution in [0.2, 0.25) is 0 Å². The molecule has 0 bridgehead atoms. The van der Waals surface area contributed by atoms with Crippen molar-refractivity contribution in [2.45, 2.75) is 26.2 Å². The van der Waals surface area contributed by atoms with Gasteiger partial charge < -0.3 is 19.7 Å². The Bertz CT molecular complexity index is 831. The fourth-order valence-corrected chi connectivity index (χ4v) is 3.10. The van der Waals surface area contributed by atoms with Gasteiger partial charge in [0.2, 0.25) is 0 Å². The maximum Gasteiger partial charge on any atom is 0.260 e. The van der Waals surface area contributed by atoms with Gasteiger partial charge in [-0.05, 0) is 61.6 Å². The van der Waals surface area contributed by atoms with Gasteiger partial charge in [-0.15, -0.1) is 0 Å². The molecule has 6 nitrogen and oxygen atoms in total. The van der Waals surface area contributed by atoms with Crippen LogP contribution in [0.15, 0.2) is 48.5 Å². The first-order chi connectivity index (χ1) is 14.1. The highest BCUT2D eigenvalue weighted by Gasteiger charge is 2.26. The summed E-state index contributed by atoms with van der Waals surface area (Å²) in [6.45, 7) is 3.71. The van der Waals surface area contributed by atoms with E-state index in [0.29, 0.717) is 28.7 Å². The predicted molar refractivity (Wildman–Crippen MR) is 112 cm³/mol. The summed E-state index contributed by atoms with van der Waals surface area (Å²) in [7, 11) is 1.53. The molecule has 0 aliphatic heterocycles. The zero-order valence-electron chi connectivity index (χ0n) is 17.0. The van der Waals surface area contributed by atoms with Gasteiger partial charge in [-0.3, -0.25) is 9.59 Å². The molecule has 0 unspecified atom stereocenters. The summed E-state index contributed by atoms with van der Waals surface area (Å²) in [5.41, 5.74) is 1.11. The van der Waals surface area contributed by atoms with E-state index in [0.717, 1.165) is 19.5 Å². The van der Waals surface area contributed by atoms with Crippen LogP contribution in [0, 0.1) is 5.92 Å². The molecule has 0 radical (unpaired) electrons. The second kappa shape index (κ2) is 9.96. The molecule has 2 aromatic carbocycles. The summed E-state index contributed by atoms with van der Waals surface area (Å²) in [4.78, 5) is 26.8. The smallest absolute Gasteiger partial charge is 0.260 e. The lowest BCUT2D eigenvalue weighted by molar-refractivity contribution is -0.133. The number of methoxy groups -OCH3 is 1. The van der Waals surface area contributed by atoms with Crippen LogP contribution in [0.25, 0.3) is 0 Å². The van der Waals surface area contributed by atoms with E-state index in [1.54, 1.807) is 42.5 Å². The Labute approximate surface area is 171 Å². The molecule has 6 heteroatoms. The largest absolute Gasteiger partial charge is 0.496 e. The third-order valence-electron chi connectivity index (χ3n) is 4.85. The van der Waals surface area contributed by atoms with Crippen LogP contribution in [0.3, 0.4) is 0 Å². The molecule has 2 aromatic rings. The van der Waals surface area contributed by atoms with Crippen molar-refractivity contribution in [2.24, 2.45) is 5.92 Å². The van der Waals surface area contributed by atoms with E-state index in [4.69, 9.17) is 9.47 Å². The molecule has 0 heterocycles. The Morgan fingerprint density at radius 2 is 1.83 bits per heavy atom. The van der Waals surface area contributed by atoms with Crippen molar-refractivity contribution in [1.82, 2.24) is 4.90 Å². The number of hydrogen-bond acceptors (Lipinski definition) is 4. The summed E-state index contributed by atoms with van der Waals surface area (Å²) in [6, 6.07) is 14.1. The van der Waals surface area contributed by atoms with Gasteiger partial charge in [-0.1, -0.05) is 19.1 Å². The van der Waals surface area contributed by atoms with Gasteiger partial charge in [-0.2, -0.15) is 0 Å². The fraction of sp³-hybridized carbons (Fsp3) is 0.391. The summed E-state index contributed by atoms with van der Waals surface area (Å²) >= 11 is 0. The van der Waals surface area contributed by atoms with Crippen molar-refractivity contribution in [3.63, 3.8) is 0 Å². The number of hydrogen-bond donors (Lipinski definition) is 1. The highest BCUT2D eigenvalue weighted by molar-refractivity contribution is 6.06. The molecule has 1 aliphatic rings. The number of nitrogens with zero attached hydrogens (tertiary/aromatic N) is 1. The van der Waals surface area contributed by atoms with Gasteiger partial charge in [0.1, 0.15) is 11.5 Å². The number of carbonyl (C=O) groups is 2. The Hall–Kier alpha value is -3.02. The molecular weight excluding hydrogens is 368 g/mol. The summed E-state index contributed by atoms with van der Waals surface area (Å²) < 4.78 is 10.9. The molecule has 1 saturated carbocycles. The minimum absolute atomic E-state index is 0.0206. The second-order valence-corrected chi connectivity index (χ2v) is 7.25. The molecule has 2 amide bonds. The van der Waals surface area contributed by atoms with E-state index in [1.165, 1.54) is 20.0 Å². The normalized spacial score (nSPS) is 12.9. The van der Waals surface area contributed by atoms with Gasteiger partial charge in [0.15, 0.2) is 6.61 Å². The average molecular weight is 396 g/mol. The number of nitrogens with one attached hydrogen (secondary N) is 1. The van der Waals surface area contributed by atoms with Crippen molar-refractivity contribution in [3.8, 4) is 11.5 Å². The number of carbonyl (C=O) groups excluding carboxylic acids is 2. The number of anilines is 1. The standard InChI is InChI=1S/C23H28N2O4/c1-3-14-25(15-17-8-9-17)22(26)16-29-19-12-10-18(11-13-19)24-23(27)20-6-4-5-7-21(20)28-2/h4-7,10-13,17H,3,8-9,14-16H2,1-2H3,(H,24,27). The molecular formula is C23H28N2O4. The third-order valence-corrected chi connectivity index (χ3v) is 4.85. The van der Waals surface area contributed by atoms with Crippen LogP contribution in [-0.4, -0.2) is 43.5 Å². The number of para-hydroxylation sites is 1. The first-order valence-electron chi connectivity index (χ1n) is 10.1. The maximum atomic E-state index is 12.5. The lowest BCUT2D eigenvalue weighted by atomic mass is 10.2. The Balaban J connectivity index is 1.53. The van der Waals surface area contributed by atoms with E-state index < -0.39 is 0 Å². The van der Waals surface area contributed by atoms with E-state index in [9.17, 15) is 9.59 Å². The molecule has 0 saturated heterocycles. The Morgan fingerprint density at radius 3 is 2.48 bits per heavy atom. The predicted octanol–water partition coefficient (Wildman–Crippen LogP) is 3.97. The number of amides is 2. The summed E-state index contributed by atoms with van der Waals surface area (Å²) in [5, 5.41) is 2.84. The highest BCUT2D eigenvalue weighted by atomic mass is 16.5. The topological polar surface area (TPSA) is 67.9 Å². The zero-order chi connectivity index (χ0) is 20.6. The van der Waals surface area contributed by atoms with Crippen LogP contribution >= 0.6 is 0 Å². The minimum atomic E-state index is -0.249. The number of benzene rings is 2. The van der Waals surface area contributed by atoms with Crippen molar-refractivity contribution in [3.05, 3.63) is 54.1 Å². The monoisotopic (exact) mass is 396 g/mol. The van der Waals surface area contributed by atoms with E-state index >= 15 is 0 Å². The van der Waals surface area contributed by atoms with Gasteiger partial charge in [0.05, 0.1) is 12.7 Å². The van der Waals surface area contributed by atoms with Crippen LogP contribution in [0.5, 0.6) is 11.5 Å². The fourth-order valence-electron chi connectivity index (χ4n) is 3.10. The molecule has 1 N–H and O–H groups in total. The Morgan fingerprint density at radius 1 is 1.10 bits per heavy atom. The van der Waals surface area contributed by atoms with Gasteiger partial charge in [0, 0.05) is 18.8 Å². The van der Waals surface area contributed by atoms with Crippen molar-refractivity contribution in [1.29, 1.82) is 0 Å². The lowest BCUT2D eigenvalue weighted by Gasteiger charge is -2.22. The molecule has 1 fully saturated rings. The van der Waals surface area contributed by atoms with Crippen LogP contribution in [0.1, 0.15) is 36.5 Å². The lowest BCUT2D eigenvalue weighted by Crippen LogP contribution is -2.37. The Kier molecular flexibility index (Phi) is 7.11. The van der Waals surface area contributed by atoms with Crippen molar-refractivity contribution < 1.29 is 19.1 Å². The zero-order valence-corrected chi connectivity index (χ0v) is 17.0. The van der Waals surface area contributed by atoms with Gasteiger partial charge in [-0.25, -0.2) is 0 Å². The third kappa shape index (κ3) is 5.98. The van der Waals surface area contributed by atoms with E-state index in [2.05, 4.69) is 12.2 Å². The molecule has 0 spiro atoms. The van der Waals surface area contributed by atoms with Crippen LogP contribution in [0.4, 0.5) is 5.69 Å².